The number of benzene rings is 1. The van der Waals surface area contributed by atoms with E-state index >= 15 is 0 Å². The van der Waals surface area contributed by atoms with Crippen molar-refractivity contribution in [2.24, 2.45) is 0 Å². The summed E-state index contributed by atoms with van der Waals surface area (Å²) in [6, 6.07) is 10.3. The Morgan fingerprint density at radius 2 is 1.17 bits per heavy atom. The molecule has 0 aromatic heterocycles. The summed E-state index contributed by atoms with van der Waals surface area (Å²) in [6.07, 6.45) is 19.6. The zero-order chi connectivity index (χ0) is 17.3. The molecular formula is C23H40O. The number of hydrogen-bond donors (Lipinski definition) is 0. The van der Waals surface area contributed by atoms with Gasteiger partial charge >= 0.3 is 0 Å². The number of para-hydroxylation sites is 1. The summed E-state index contributed by atoms with van der Waals surface area (Å²) >= 11 is 0. The Morgan fingerprint density at radius 3 is 1.67 bits per heavy atom. The molecular weight excluding hydrogens is 292 g/mol. The molecule has 1 aromatic rings. The first-order valence-electron chi connectivity index (χ1n) is 10.6. The molecule has 0 saturated carbocycles. The van der Waals surface area contributed by atoms with E-state index in [1.165, 1.54) is 83.5 Å². The minimum absolute atomic E-state index is 0.385. The highest BCUT2D eigenvalue weighted by Crippen LogP contribution is 2.17. The zero-order valence-electron chi connectivity index (χ0n) is 16.3. The SMILES string of the molecule is CCCCCCCCCCCCCCC(CC)Oc1ccccc1. The maximum absolute atomic E-state index is 6.06. The molecule has 0 spiro atoms. The summed E-state index contributed by atoms with van der Waals surface area (Å²) in [5, 5.41) is 0. The van der Waals surface area contributed by atoms with Crippen molar-refractivity contribution in [3.8, 4) is 5.75 Å². The van der Waals surface area contributed by atoms with Gasteiger partial charge in [-0.25, -0.2) is 0 Å². The molecule has 0 aliphatic rings. The molecule has 0 radical (unpaired) electrons. The predicted molar refractivity (Wildman–Crippen MR) is 107 cm³/mol. The van der Waals surface area contributed by atoms with Gasteiger partial charge < -0.3 is 4.74 Å². The fourth-order valence-corrected chi connectivity index (χ4v) is 3.25. The average molecular weight is 333 g/mol. The van der Waals surface area contributed by atoms with Crippen molar-refractivity contribution in [1.29, 1.82) is 0 Å². The topological polar surface area (TPSA) is 9.23 Å². The van der Waals surface area contributed by atoms with Gasteiger partial charge in [-0.15, -0.1) is 0 Å². The second-order valence-corrected chi connectivity index (χ2v) is 7.14. The normalized spacial score (nSPS) is 12.2. The van der Waals surface area contributed by atoms with Crippen LogP contribution in [0.1, 0.15) is 104 Å². The minimum atomic E-state index is 0.385. The Bertz CT molecular complexity index is 360. The monoisotopic (exact) mass is 332 g/mol. The highest BCUT2D eigenvalue weighted by Gasteiger charge is 2.07. The standard InChI is InChI=1S/C23H40O/c1-3-5-6-7-8-9-10-11-12-13-14-16-19-22(4-2)24-23-20-17-15-18-21-23/h15,17-18,20-22H,3-14,16,19H2,1-2H3. The first-order chi connectivity index (χ1) is 11.9. The summed E-state index contributed by atoms with van der Waals surface area (Å²) in [7, 11) is 0. The third-order valence-electron chi connectivity index (χ3n) is 4.88. The lowest BCUT2D eigenvalue weighted by Gasteiger charge is -2.17. The number of hydrogen-bond acceptors (Lipinski definition) is 1. The van der Waals surface area contributed by atoms with Gasteiger partial charge in [-0.1, -0.05) is 103 Å². The van der Waals surface area contributed by atoms with E-state index in [9.17, 15) is 0 Å². The van der Waals surface area contributed by atoms with Crippen LogP contribution in [0, 0.1) is 0 Å². The lowest BCUT2D eigenvalue weighted by atomic mass is 10.0. The van der Waals surface area contributed by atoms with Gasteiger partial charge in [0.25, 0.3) is 0 Å². The summed E-state index contributed by atoms with van der Waals surface area (Å²) in [4.78, 5) is 0. The van der Waals surface area contributed by atoms with Crippen LogP contribution in [0.3, 0.4) is 0 Å². The maximum atomic E-state index is 6.06. The highest BCUT2D eigenvalue weighted by atomic mass is 16.5. The van der Waals surface area contributed by atoms with Gasteiger partial charge in [0.1, 0.15) is 5.75 Å². The van der Waals surface area contributed by atoms with Gasteiger partial charge in [-0.05, 0) is 31.4 Å². The molecule has 0 bridgehead atoms. The molecule has 1 nitrogen and oxygen atoms in total. The molecule has 0 fully saturated rings. The van der Waals surface area contributed by atoms with Gasteiger partial charge in [0.15, 0.2) is 0 Å². The molecule has 0 aliphatic heterocycles. The Morgan fingerprint density at radius 1 is 0.667 bits per heavy atom. The lowest BCUT2D eigenvalue weighted by Crippen LogP contribution is -2.15. The quantitative estimate of drug-likeness (QED) is 0.279. The summed E-state index contributed by atoms with van der Waals surface area (Å²) in [6.45, 7) is 4.52. The molecule has 0 N–H and O–H groups in total. The lowest BCUT2D eigenvalue weighted by molar-refractivity contribution is 0.182. The molecule has 138 valence electrons. The van der Waals surface area contributed by atoms with Gasteiger partial charge in [-0.3, -0.25) is 0 Å². The van der Waals surface area contributed by atoms with Gasteiger partial charge in [0, 0.05) is 0 Å². The second-order valence-electron chi connectivity index (χ2n) is 7.14. The molecule has 1 aromatic carbocycles. The molecule has 0 heterocycles. The van der Waals surface area contributed by atoms with E-state index < -0.39 is 0 Å². The molecule has 0 aliphatic carbocycles. The summed E-state index contributed by atoms with van der Waals surface area (Å²) in [5.41, 5.74) is 0. The van der Waals surface area contributed by atoms with Gasteiger partial charge in [0.2, 0.25) is 0 Å². The highest BCUT2D eigenvalue weighted by molar-refractivity contribution is 5.21. The Kier molecular flexibility index (Phi) is 13.6. The fourth-order valence-electron chi connectivity index (χ4n) is 3.25. The van der Waals surface area contributed by atoms with Crippen molar-refractivity contribution in [2.45, 2.75) is 110 Å². The fraction of sp³-hybridized carbons (Fsp3) is 0.739. The van der Waals surface area contributed by atoms with Gasteiger partial charge in [-0.2, -0.15) is 0 Å². The summed E-state index contributed by atoms with van der Waals surface area (Å²) < 4.78 is 6.06. The van der Waals surface area contributed by atoms with Crippen molar-refractivity contribution in [1.82, 2.24) is 0 Å². The van der Waals surface area contributed by atoms with Crippen molar-refractivity contribution >= 4 is 0 Å². The average Bonchev–Trinajstić information content (AvgIpc) is 2.62. The van der Waals surface area contributed by atoms with E-state index in [0.717, 1.165) is 12.2 Å². The maximum Gasteiger partial charge on any atom is 0.119 e. The van der Waals surface area contributed by atoms with Crippen LogP contribution in [-0.2, 0) is 0 Å². The zero-order valence-corrected chi connectivity index (χ0v) is 16.3. The molecule has 1 unspecified atom stereocenters. The molecule has 0 saturated heterocycles. The third-order valence-corrected chi connectivity index (χ3v) is 4.88. The van der Waals surface area contributed by atoms with Crippen LogP contribution in [0.4, 0.5) is 0 Å². The molecule has 1 rings (SSSR count). The van der Waals surface area contributed by atoms with Gasteiger partial charge in [0.05, 0.1) is 6.10 Å². The summed E-state index contributed by atoms with van der Waals surface area (Å²) in [5.74, 6) is 1.02. The van der Waals surface area contributed by atoms with E-state index in [0.29, 0.717) is 6.10 Å². The Labute approximate surface area is 151 Å². The van der Waals surface area contributed by atoms with E-state index in [1.807, 2.05) is 18.2 Å². The first kappa shape index (κ1) is 21.1. The smallest absolute Gasteiger partial charge is 0.119 e. The van der Waals surface area contributed by atoms with E-state index in [1.54, 1.807) is 0 Å². The molecule has 1 heteroatoms. The molecule has 0 amide bonds. The van der Waals surface area contributed by atoms with Crippen LogP contribution in [0.2, 0.25) is 0 Å². The minimum Gasteiger partial charge on any atom is -0.490 e. The predicted octanol–water partition coefficient (Wildman–Crippen LogP) is 7.94. The third kappa shape index (κ3) is 11.5. The van der Waals surface area contributed by atoms with Crippen molar-refractivity contribution in [2.75, 3.05) is 0 Å². The second kappa shape index (κ2) is 15.5. The molecule has 1 atom stereocenters. The van der Waals surface area contributed by atoms with Crippen LogP contribution in [0.15, 0.2) is 30.3 Å². The van der Waals surface area contributed by atoms with Crippen molar-refractivity contribution in [3.05, 3.63) is 30.3 Å². The largest absolute Gasteiger partial charge is 0.490 e. The number of unbranched alkanes of at least 4 members (excludes halogenated alkanes) is 11. The molecule has 24 heavy (non-hydrogen) atoms. The van der Waals surface area contributed by atoms with Crippen LogP contribution in [0.25, 0.3) is 0 Å². The van der Waals surface area contributed by atoms with Crippen LogP contribution < -0.4 is 4.74 Å². The van der Waals surface area contributed by atoms with E-state index in [-0.39, 0.29) is 0 Å². The number of rotatable bonds is 16. The van der Waals surface area contributed by atoms with Crippen LogP contribution in [0.5, 0.6) is 5.75 Å². The van der Waals surface area contributed by atoms with E-state index in [4.69, 9.17) is 4.74 Å². The van der Waals surface area contributed by atoms with Crippen molar-refractivity contribution in [3.63, 3.8) is 0 Å². The van der Waals surface area contributed by atoms with E-state index in [2.05, 4.69) is 26.0 Å². The van der Waals surface area contributed by atoms with Crippen LogP contribution in [-0.4, -0.2) is 6.10 Å². The first-order valence-corrected chi connectivity index (χ1v) is 10.6. The Hall–Kier alpha value is -0.980. The number of ether oxygens (including phenoxy) is 1. The Balaban J connectivity index is 1.90. The van der Waals surface area contributed by atoms with Crippen molar-refractivity contribution < 1.29 is 4.74 Å². The van der Waals surface area contributed by atoms with Crippen LogP contribution >= 0.6 is 0 Å².